The highest BCUT2D eigenvalue weighted by Gasteiger charge is 2.35. The van der Waals surface area contributed by atoms with Gasteiger partial charge in [0, 0.05) is 5.69 Å². The maximum absolute atomic E-state index is 14.1. The van der Waals surface area contributed by atoms with E-state index in [1.54, 1.807) is 16.8 Å². The molecular formula is C15H20FN5. The highest BCUT2D eigenvalue weighted by molar-refractivity contribution is 5.59. The standard InChI is InChI=1S/C15H20FN5/c1-3-10-4-7-14(9(10)2)21-15(18-19-20-21)12-6-5-11(17)8-13(12)16/h5-6,8-10,14H,3-4,7,17H2,1-2H3. The summed E-state index contributed by atoms with van der Waals surface area (Å²) < 4.78 is 15.9. The quantitative estimate of drug-likeness (QED) is 0.882. The van der Waals surface area contributed by atoms with Crippen molar-refractivity contribution in [1.82, 2.24) is 20.2 Å². The number of benzene rings is 1. The molecule has 0 saturated heterocycles. The van der Waals surface area contributed by atoms with Crippen molar-refractivity contribution < 1.29 is 4.39 Å². The van der Waals surface area contributed by atoms with Crippen LogP contribution in [0.25, 0.3) is 11.4 Å². The van der Waals surface area contributed by atoms with Crippen molar-refractivity contribution in [3.8, 4) is 11.4 Å². The first-order valence-electron chi connectivity index (χ1n) is 7.45. The summed E-state index contributed by atoms with van der Waals surface area (Å²) in [4.78, 5) is 0. The average Bonchev–Trinajstić information content (AvgIpc) is 3.05. The lowest BCUT2D eigenvalue weighted by Gasteiger charge is -2.20. The molecule has 1 fully saturated rings. The Morgan fingerprint density at radius 2 is 2.19 bits per heavy atom. The Balaban J connectivity index is 1.98. The molecule has 0 amide bonds. The van der Waals surface area contributed by atoms with Crippen LogP contribution in [0.4, 0.5) is 10.1 Å². The molecule has 1 heterocycles. The molecule has 6 heteroatoms. The summed E-state index contributed by atoms with van der Waals surface area (Å²) in [5.41, 5.74) is 6.40. The van der Waals surface area contributed by atoms with Crippen LogP contribution in [0.2, 0.25) is 0 Å². The van der Waals surface area contributed by atoms with Crippen LogP contribution in [0.15, 0.2) is 18.2 Å². The summed E-state index contributed by atoms with van der Waals surface area (Å²) >= 11 is 0. The van der Waals surface area contributed by atoms with Crippen LogP contribution in [0.5, 0.6) is 0 Å². The molecule has 0 radical (unpaired) electrons. The smallest absolute Gasteiger partial charge is 0.185 e. The fourth-order valence-electron chi connectivity index (χ4n) is 3.45. The van der Waals surface area contributed by atoms with E-state index in [9.17, 15) is 4.39 Å². The van der Waals surface area contributed by atoms with Gasteiger partial charge in [-0.1, -0.05) is 20.3 Å². The van der Waals surface area contributed by atoms with Crippen molar-refractivity contribution >= 4 is 5.69 Å². The highest BCUT2D eigenvalue weighted by atomic mass is 19.1. The predicted molar refractivity (Wildman–Crippen MR) is 78.8 cm³/mol. The monoisotopic (exact) mass is 289 g/mol. The van der Waals surface area contributed by atoms with E-state index in [1.807, 2.05) is 0 Å². The van der Waals surface area contributed by atoms with Crippen LogP contribution in [0.1, 0.15) is 39.2 Å². The van der Waals surface area contributed by atoms with Gasteiger partial charge in [-0.15, -0.1) is 5.10 Å². The Bertz CT molecular complexity index is 639. The third kappa shape index (κ3) is 2.39. The lowest BCUT2D eigenvalue weighted by atomic mass is 9.93. The van der Waals surface area contributed by atoms with Crippen LogP contribution in [-0.4, -0.2) is 20.2 Å². The molecule has 0 aliphatic heterocycles. The van der Waals surface area contributed by atoms with Crippen molar-refractivity contribution in [3.05, 3.63) is 24.0 Å². The maximum Gasteiger partial charge on any atom is 0.185 e. The molecule has 2 aromatic rings. The molecule has 0 bridgehead atoms. The molecule has 1 aliphatic rings. The number of nitrogen functional groups attached to an aromatic ring is 1. The number of nitrogens with two attached hydrogens (primary N) is 1. The third-order valence-electron chi connectivity index (χ3n) is 4.75. The van der Waals surface area contributed by atoms with Gasteiger partial charge in [0.1, 0.15) is 5.82 Å². The lowest BCUT2D eigenvalue weighted by molar-refractivity contribution is 0.310. The van der Waals surface area contributed by atoms with Crippen LogP contribution < -0.4 is 5.73 Å². The lowest BCUT2D eigenvalue weighted by Crippen LogP contribution is -2.18. The van der Waals surface area contributed by atoms with E-state index in [0.717, 1.165) is 12.8 Å². The predicted octanol–water partition coefficient (Wildman–Crippen LogP) is 3.06. The molecule has 3 unspecified atom stereocenters. The van der Waals surface area contributed by atoms with Gasteiger partial charge in [-0.05, 0) is 53.3 Å². The normalized spacial score (nSPS) is 25.4. The van der Waals surface area contributed by atoms with E-state index < -0.39 is 0 Å². The molecule has 1 aromatic heterocycles. The third-order valence-corrected chi connectivity index (χ3v) is 4.75. The van der Waals surface area contributed by atoms with Crippen LogP contribution in [-0.2, 0) is 0 Å². The number of aromatic nitrogens is 4. The van der Waals surface area contributed by atoms with Gasteiger partial charge in [-0.25, -0.2) is 9.07 Å². The van der Waals surface area contributed by atoms with Crippen molar-refractivity contribution in [3.63, 3.8) is 0 Å². The van der Waals surface area contributed by atoms with Gasteiger partial charge in [0.05, 0.1) is 11.6 Å². The average molecular weight is 289 g/mol. The Morgan fingerprint density at radius 3 is 2.86 bits per heavy atom. The molecule has 21 heavy (non-hydrogen) atoms. The largest absolute Gasteiger partial charge is 0.399 e. The Kier molecular flexibility index (Phi) is 3.61. The maximum atomic E-state index is 14.1. The van der Waals surface area contributed by atoms with Crippen LogP contribution in [0, 0.1) is 17.7 Å². The minimum absolute atomic E-state index is 0.233. The van der Waals surface area contributed by atoms with Gasteiger partial charge < -0.3 is 5.73 Å². The van der Waals surface area contributed by atoms with Gasteiger partial charge >= 0.3 is 0 Å². The second kappa shape index (κ2) is 5.42. The minimum atomic E-state index is -0.385. The number of halogens is 1. The minimum Gasteiger partial charge on any atom is -0.399 e. The summed E-state index contributed by atoms with van der Waals surface area (Å²) in [5, 5.41) is 11.9. The van der Waals surface area contributed by atoms with Crippen molar-refractivity contribution in [1.29, 1.82) is 0 Å². The number of rotatable bonds is 3. The van der Waals surface area contributed by atoms with Crippen LogP contribution >= 0.6 is 0 Å². The molecule has 1 saturated carbocycles. The summed E-state index contributed by atoms with van der Waals surface area (Å²) in [5.74, 6) is 1.28. The molecule has 3 rings (SSSR count). The molecule has 0 spiro atoms. The SMILES string of the molecule is CCC1CCC(n2nnnc2-c2ccc(N)cc2F)C1C. The molecule has 3 atom stereocenters. The molecule has 2 N–H and O–H groups in total. The van der Waals surface area contributed by atoms with E-state index in [2.05, 4.69) is 29.4 Å². The van der Waals surface area contributed by atoms with E-state index in [1.165, 1.54) is 12.5 Å². The number of nitrogens with zero attached hydrogens (tertiary/aromatic N) is 4. The van der Waals surface area contributed by atoms with E-state index in [0.29, 0.717) is 28.9 Å². The molecule has 5 nitrogen and oxygen atoms in total. The van der Waals surface area contributed by atoms with Gasteiger partial charge in [0.15, 0.2) is 5.82 Å². The number of hydrogen-bond donors (Lipinski definition) is 1. The number of tetrazole rings is 1. The second-order valence-electron chi connectivity index (χ2n) is 5.86. The van der Waals surface area contributed by atoms with E-state index >= 15 is 0 Å². The van der Waals surface area contributed by atoms with Crippen molar-refractivity contribution in [2.75, 3.05) is 5.73 Å². The molecule has 1 aliphatic carbocycles. The molecule has 112 valence electrons. The van der Waals surface area contributed by atoms with Gasteiger partial charge in [0.2, 0.25) is 0 Å². The van der Waals surface area contributed by atoms with Crippen molar-refractivity contribution in [2.45, 2.75) is 39.2 Å². The summed E-state index contributed by atoms with van der Waals surface area (Å²) in [6, 6.07) is 4.85. The molecule has 1 aromatic carbocycles. The first-order valence-corrected chi connectivity index (χ1v) is 7.45. The molecular weight excluding hydrogens is 269 g/mol. The first-order chi connectivity index (χ1) is 10.1. The zero-order chi connectivity index (χ0) is 15.0. The zero-order valence-corrected chi connectivity index (χ0v) is 12.3. The first kappa shape index (κ1) is 14.0. The van der Waals surface area contributed by atoms with Crippen LogP contribution in [0.3, 0.4) is 0 Å². The van der Waals surface area contributed by atoms with Gasteiger partial charge in [0.25, 0.3) is 0 Å². The summed E-state index contributed by atoms with van der Waals surface area (Å²) in [6.45, 7) is 4.44. The Labute approximate surface area is 123 Å². The number of anilines is 1. The highest BCUT2D eigenvalue weighted by Crippen LogP contribution is 2.42. The summed E-state index contributed by atoms with van der Waals surface area (Å²) in [7, 11) is 0. The van der Waals surface area contributed by atoms with E-state index in [4.69, 9.17) is 5.73 Å². The zero-order valence-electron chi connectivity index (χ0n) is 12.3. The number of hydrogen-bond acceptors (Lipinski definition) is 4. The summed E-state index contributed by atoms with van der Waals surface area (Å²) in [6.07, 6.45) is 3.37. The second-order valence-corrected chi connectivity index (χ2v) is 5.86. The fourth-order valence-corrected chi connectivity index (χ4v) is 3.45. The van der Waals surface area contributed by atoms with Crippen molar-refractivity contribution in [2.24, 2.45) is 11.8 Å². The Morgan fingerprint density at radius 1 is 1.38 bits per heavy atom. The van der Waals surface area contributed by atoms with E-state index in [-0.39, 0.29) is 11.9 Å². The topological polar surface area (TPSA) is 69.6 Å². The fraction of sp³-hybridized carbons (Fsp3) is 0.533. The van der Waals surface area contributed by atoms with Gasteiger partial charge in [-0.2, -0.15) is 0 Å². The van der Waals surface area contributed by atoms with Gasteiger partial charge in [-0.3, -0.25) is 0 Å². The Hall–Kier alpha value is -1.98.